The third-order valence-electron chi connectivity index (χ3n) is 4.18. The van der Waals surface area contributed by atoms with Crippen LogP contribution in [0.4, 0.5) is 4.79 Å². The van der Waals surface area contributed by atoms with Gasteiger partial charge in [0.05, 0.1) is 6.10 Å². The van der Waals surface area contributed by atoms with Gasteiger partial charge in [0.1, 0.15) is 0 Å². The van der Waals surface area contributed by atoms with Gasteiger partial charge in [-0.05, 0) is 45.4 Å². The van der Waals surface area contributed by atoms with E-state index in [2.05, 4.69) is 5.32 Å². The fourth-order valence-corrected chi connectivity index (χ4v) is 2.89. The van der Waals surface area contributed by atoms with Gasteiger partial charge < -0.3 is 15.3 Å². The van der Waals surface area contributed by atoms with Gasteiger partial charge in [0.2, 0.25) is 0 Å². The summed E-state index contributed by atoms with van der Waals surface area (Å²) in [6.07, 6.45) is 8.36. The van der Waals surface area contributed by atoms with Crippen molar-refractivity contribution >= 4 is 6.03 Å². The lowest BCUT2D eigenvalue weighted by atomic mass is 9.93. The molecular formula is C14H26N2O2. The minimum absolute atomic E-state index is 0.0900. The maximum atomic E-state index is 12.3. The molecule has 2 N–H and O–H groups in total. The summed E-state index contributed by atoms with van der Waals surface area (Å²) >= 11 is 0. The molecular weight excluding hydrogens is 228 g/mol. The molecule has 1 aliphatic carbocycles. The second kappa shape index (κ2) is 6.41. The summed E-state index contributed by atoms with van der Waals surface area (Å²) in [7, 11) is 0. The summed E-state index contributed by atoms with van der Waals surface area (Å²) in [4.78, 5) is 14.2. The van der Waals surface area contributed by atoms with E-state index in [1.807, 2.05) is 11.8 Å². The largest absolute Gasteiger partial charge is 0.393 e. The van der Waals surface area contributed by atoms with Gasteiger partial charge in [0.15, 0.2) is 0 Å². The molecule has 0 bridgehead atoms. The fourth-order valence-electron chi connectivity index (χ4n) is 2.89. The van der Waals surface area contributed by atoms with Gasteiger partial charge in [-0.2, -0.15) is 0 Å². The minimum atomic E-state index is -0.327. The summed E-state index contributed by atoms with van der Waals surface area (Å²) in [5.74, 6) is 0. The number of likely N-dealkylation sites (tertiary alicyclic amines) is 1. The minimum Gasteiger partial charge on any atom is -0.393 e. The van der Waals surface area contributed by atoms with E-state index in [4.69, 9.17) is 0 Å². The zero-order valence-corrected chi connectivity index (χ0v) is 11.4. The Morgan fingerprint density at radius 3 is 2.67 bits per heavy atom. The number of hydrogen-bond donors (Lipinski definition) is 2. The van der Waals surface area contributed by atoms with Crippen molar-refractivity contribution < 1.29 is 9.90 Å². The van der Waals surface area contributed by atoms with Gasteiger partial charge in [-0.15, -0.1) is 0 Å². The second-order valence-electron chi connectivity index (χ2n) is 5.86. The van der Waals surface area contributed by atoms with Gasteiger partial charge in [-0.3, -0.25) is 0 Å². The molecule has 0 aromatic heterocycles. The highest BCUT2D eigenvalue weighted by molar-refractivity contribution is 5.75. The van der Waals surface area contributed by atoms with Crippen LogP contribution in [0.15, 0.2) is 0 Å². The number of carbonyl (C=O) groups excluding carboxylic acids is 1. The lowest BCUT2D eigenvalue weighted by Crippen LogP contribution is -2.51. The van der Waals surface area contributed by atoms with Gasteiger partial charge in [-0.25, -0.2) is 4.79 Å². The van der Waals surface area contributed by atoms with Crippen LogP contribution < -0.4 is 5.32 Å². The first kappa shape index (κ1) is 13.7. The van der Waals surface area contributed by atoms with Crippen molar-refractivity contribution in [3.63, 3.8) is 0 Å². The molecule has 0 spiro atoms. The van der Waals surface area contributed by atoms with Crippen molar-refractivity contribution in [2.24, 2.45) is 0 Å². The molecule has 1 heterocycles. The summed E-state index contributed by atoms with van der Waals surface area (Å²) in [6, 6.07) is 0.702. The maximum absolute atomic E-state index is 12.3. The Kier molecular flexibility index (Phi) is 4.87. The summed E-state index contributed by atoms with van der Waals surface area (Å²) in [5.41, 5.74) is 0. The zero-order valence-electron chi connectivity index (χ0n) is 11.4. The van der Waals surface area contributed by atoms with Crippen molar-refractivity contribution in [3.8, 4) is 0 Å². The standard InChI is InChI=1S/C14H26N2O2/c1-11(17)10-13-8-3-2-4-9-16(13)14(18)15-12-6-5-7-12/h11-13,17H,2-10H2,1H3,(H,15,18). The van der Waals surface area contributed by atoms with Crippen molar-refractivity contribution in [3.05, 3.63) is 0 Å². The Morgan fingerprint density at radius 1 is 1.28 bits per heavy atom. The Morgan fingerprint density at radius 2 is 2.06 bits per heavy atom. The topological polar surface area (TPSA) is 52.6 Å². The van der Waals surface area contributed by atoms with E-state index in [0.717, 1.165) is 32.2 Å². The number of nitrogens with one attached hydrogen (secondary N) is 1. The first-order valence-corrected chi connectivity index (χ1v) is 7.42. The molecule has 4 nitrogen and oxygen atoms in total. The Hall–Kier alpha value is -0.770. The van der Waals surface area contributed by atoms with Crippen molar-refractivity contribution in [1.82, 2.24) is 10.2 Å². The summed E-state index contributed by atoms with van der Waals surface area (Å²) < 4.78 is 0. The average Bonchev–Trinajstić information content (AvgIpc) is 2.48. The van der Waals surface area contributed by atoms with Gasteiger partial charge in [-0.1, -0.05) is 12.8 Å². The van der Waals surface area contributed by atoms with Crippen molar-refractivity contribution in [1.29, 1.82) is 0 Å². The van der Waals surface area contributed by atoms with Crippen LogP contribution in [0.3, 0.4) is 0 Å². The summed E-state index contributed by atoms with van der Waals surface area (Å²) in [6.45, 7) is 2.66. The van der Waals surface area contributed by atoms with E-state index in [9.17, 15) is 9.90 Å². The lowest BCUT2D eigenvalue weighted by Gasteiger charge is -2.34. The number of aliphatic hydroxyl groups excluding tert-OH is 1. The molecule has 2 amide bonds. The number of urea groups is 1. The molecule has 0 aromatic carbocycles. The fraction of sp³-hybridized carbons (Fsp3) is 0.929. The van der Waals surface area contributed by atoms with Crippen LogP contribution in [0.1, 0.15) is 58.3 Å². The van der Waals surface area contributed by atoms with Gasteiger partial charge >= 0.3 is 6.03 Å². The molecule has 2 fully saturated rings. The van der Waals surface area contributed by atoms with Crippen molar-refractivity contribution in [2.75, 3.05) is 6.54 Å². The Labute approximate surface area is 110 Å². The van der Waals surface area contributed by atoms with Crippen LogP contribution in [0, 0.1) is 0 Å². The van der Waals surface area contributed by atoms with Crippen LogP contribution >= 0.6 is 0 Å². The molecule has 104 valence electrons. The number of nitrogens with zero attached hydrogens (tertiary/aromatic N) is 1. The smallest absolute Gasteiger partial charge is 0.317 e. The number of amides is 2. The molecule has 1 saturated carbocycles. The highest BCUT2D eigenvalue weighted by Crippen LogP contribution is 2.23. The van der Waals surface area contributed by atoms with Crippen LogP contribution in [0.25, 0.3) is 0 Å². The predicted octanol–water partition coefficient (Wildman–Crippen LogP) is 2.26. The third-order valence-corrected chi connectivity index (χ3v) is 4.18. The molecule has 2 unspecified atom stereocenters. The van der Waals surface area contributed by atoms with Crippen LogP contribution in [0.2, 0.25) is 0 Å². The zero-order chi connectivity index (χ0) is 13.0. The van der Waals surface area contributed by atoms with Crippen LogP contribution in [0.5, 0.6) is 0 Å². The monoisotopic (exact) mass is 254 g/mol. The normalized spacial score (nSPS) is 27.2. The van der Waals surface area contributed by atoms with E-state index < -0.39 is 0 Å². The van der Waals surface area contributed by atoms with E-state index in [1.54, 1.807) is 0 Å². The van der Waals surface area contributed by atoms with E-state index in [1.165, 1.54) is 19.3 Å². The first-order valence-electron chi connectivity index (χ1n) is 7.42. The SMILES string of the molecule is CC(O)CC1CCCCCN1C(=O)NC1CCC1. The second-order valence-corrected chi connectivity index (χ2v) is 5.86. The lowest BCUT2D eigenvalue weighted by molar-refractivity contribution is 0.119. The molecule has 18 heavy (non-hydrogen) atoms. The van der Waals surface area contributed by atoms with Gasteiger partial charge in [0, 0.05) is 18.6 Å². The maximum Gasteiger partial charge on any atom is 0.317 e. The molecule has 1 saturated heterocycles. The number of carbonyl (C=O) groups is 1. The number of rotatable bonds is 3. The molecule has 2 aliphatic rings. The van der Waals surface area contributed by atoms with Gasteiger partial charge in [0.25, 0.3) is 0 Å². The number of hydrogen-bond acceptors (Lipinski definition) is 2. The molecule has 0 aromatic rings. The molecule has 4 heteroatoms. The first-order chi connectivity index (χ1) is 8.66. The predicted molar refractivity (Wildman–Crippen MR) is 71.4 cm³/mol. The summed E-state index contributed by atoms with van der Waals surface area (Å²) in [5, 5.41) is 12.7. The van der Waals surface area contributed by atoms with Crippen LogP contribution in [-0.2, 0) is 0 Å². The quantitative estimate of drug-likeness (QED) is 0.811. The third kappa shape index (κ3) is 3.61. The highest BCUT2D eigenvalue weighted by atomic mass is 16.3. The average molecular weight is 254 g/mol. The Balaban J connectivity index is 1.92. The molecule has 2 rings (SSSR count). The molecule has 2 atom stereocenters. The van der Waals surface area contributed by atoms with E-state index in [-0.39, 0.29) is 18.2 Å². The van der Waals surface area contributed by atoms with Crippen LogP contribution in [-0.4, -0.2) is 40.8 Å². The van der Waals surface area contributed by atoms with E-state index >= 15 is 0 Å². The van der Waals surface area contributed by atoms with E-state index in [0.29, 0.717) is 12.5 Å². The molecule has 0 radical (unpaired) electrons. The Bertz CT molecular complexity index is 277. The molecule has 1 aliphatic heterocycles. The number of aliphatic hydroxyl groups is 1. The van der Waals surface area contributed by atoms with Crippen molar-refractivity contribution in [2.45, 2.75) is 76.5 Å². The highest BCUT2D eigenvalue weighted by Gasteiger charge is 2.29.